The molecule has 0 heterocycles. The van der Waals surface area contributed by atoms with Crippen LogP contribution in [-0.2, 0) is 12.8 Å². The third kappa shape index (κ3) is 1.83. The zero-order valence-electron chi connectivity index (χ0n) is 9.00. The van der Waals surface area contributed by atoms with Crippen LogP contribution in [0.15, 0.2) is 23.3 Å². The Morgan fingerprint density at radius 3 is 3.00 bits per heavy atom. The zero-order chi connectivity index (χ0) is 11.5. The van der Waals surface area contributed by atoms with E-state index in [1.807, 2.05) is 18.2 Å². The van der Waals surface area contributed by atoms with Crippen LogP contribution < -0.4 is 4.74 Å². The first-order valence-electron chi connectivity index (χ1n) is 5.13. The molecule has 16 heavy (non-hydrogen) atoms. The van der Waals surface area contributed by atoms with Gasteiger partial charge in [-0.3, -0.25) is 0 Å². The molecule has 0 radical (unpaired) electrons. The van der Waals surface area contributed by atoms with Gasteiger partial charge in [0.1, 0.15) is 5.75 Å². The minimum Gasteiger partial charge on any atom is -0.496 e. The van der Waals surface area contributed by atoms with E-state index in [9.17, 15) is 5.11 Å². The number of nitrogens with zero attached hydrogens (tertiary/aromatic N) is 3. The molecule has 1 aliphatic rings. The van der Waals surface area contributed by atoms with Crippen molar-refractivity contribution >= 4 is 0 Å². The summed E-state index contributed by atoms with van der Waals surface area (Å²) in [6.45, 7) is 0. The first-order valence-corrected chi connectivity index (χ1v) is 5.13. The Balaban J connectivity index is 2.37. The van der Waals surface area contributed by atoms with E-state index in [0.717, 1.165) is 16.9 Å². The molecular weight excluding hydrogens is 206 g/mol. The van der Waals surface area contributed by atoms with E-state index in [-0.39, 0.29) is 6.04 Å². The van der Waals surface area contributed by atoms with Crippen molar-refractivity contribution in [2.75, 3.05) is 7.11 Å². The van der Waals surface area contributed by atoms with Crippen molar-refractivity contribution in [1.29, 1.82) is 0 Å². The third-order valence-corrected chi connectivity index (χ3v) is 2.94. The van der Waals surface area contributed by atoms with Gasteiger partial charge in [-0.25, -0.2) is 0 Å². The zero-order valence-corrected chi connectivity index (χ0v) is 9.00. The molecule has 0 fully saturated rings. The SMILES string of the molecule is COc1cccc2c1C[C@@H](O)[C@H](N=[N+]=[N-])C2. The van der Waals surface area contributed by atoms with Gasteiger partial charge in [0.25, 0.3) is 0 Å². The predicted molar refractivity (Wildman–Crippen MR) is 59.3 cm³/mol. The van der Waals surface area contributed by atoms with Crippen LogP contribution in [0.25, 0.3) is 10.4 Å². The maximum absolute atomic E-state index is 9.85. The first-order chi connectivity index (χ1) is 7.76. The molecule has 0 bridgehead atoms. The lowest BCUT2D eigenvalue weighted by molar-refractivity contribution is 0.136. The van der Waals surface area contributed by atoms with Crippen LogP contribution in [0.1, 0.15) is 11.1 Å². The summed E-state index contributed by atoms with van der Waals surface area (Å²) < 4.78 is 5.24. The molecule has 0 unspecified atom stereocenters. The van der Waals surface area contributed by atoms with Crippen LogP contribution >= 0.6 is 0 Å². The molecule has 0 aliphatic heterocycles. The summed E-state index contributed by atoms with van der Waals surface area (Å²) >= 11 is 0. The van der Waals surface area contributed by atoms with Crippen LogP contribution in [0.2, 0.25) is 0 Å². The van der Waals surface area contributed by atoms with Gasteiger partial charge >= 0.3 is 0 Å². The summed E-state index contributed by atoms with van der Waals surface area (Å²) in [4.78, 5) is 2.76. The third-order valence-electron chi connectivity index (χ3n) is 2.94. The van der Waals surface area contributed by atoms with E-state index in [0.29, 0.717) is 12.8 Å². The molecule has 0 spiro atoms. The fraction of sp³-hybridized carbons (Fsp3) is 0.455. The minimum atomic E-state index is -0.625. The second-order valence-corrected chi connectivity index (χ2v) is 3.85. The van der Waals surface area contributed by atoms with E-state index in [4.69, 9.17) is 10.3 Å². The molecule has 0 saturated carbocycles. The fourth-order valence-electron chi connectivity index (χ4n) is 2.12. The Bertz CT molecular complexity index is 441. The van der Waals surface area contributed by atoms with Gasteiger partial charge in [-0.05, 0) is 29.1 Å². The van der Waals surface area contributed by atoms with Crippen LogP contribution in [-0.4, -0.2) is 24.4 Å². The van der Waals surface area contributed by atoms with E-state index in [2.05, 4.69) is 10.0 Å². The van der Waals surface area contributed by atoms with Gasteiger partial charge < -0.3 is 9.84 Å². The molecule has 1 aliphatic carbocycles. The van der Waals surface area contributed by atoms with Crippen LogP contribution in [0, 0.1) is 0 Å². The number of azide groups is 1. The highest BCUT2D eigenvalue weighted by Crippen LogP contribution is 2.30. The maximum Gasteiger partial charge on any atom is 0.122 e. The molecule has 5 nitrogen and oxygen atoms in total. The number of fused-ring (bicyclic) bond motifs is 1. The lowest BCUT2D eigenvalue weighted by Crippen LogP contribution is -2.33. The lowest BCUT2D eigenvalue weighted by atomic mass is 9.86. The number of aliphatic hydroxyl groups is 1. The van der Waals surface area contributed by atoms with Gasteiger partial charge in [0.05, 0.1) is 19.3 Å². The highest BCUT2D eigenvalue weighted by atomic mass is 16.5. The van der Waals surface area contributed by atoms with Crippen molar-refractivity contribution in [2.45, 2.75) is 25.0 Å². The molecule has 0 saturated heterocycles. The number of aliphatic hydroxyl groups excluding tert-OH is 1. The first kappa shape index (κ1) is 10.8. The number of methoxy groups -OCH3 is 1. The Morgan fingerprint density at radius 1 is 1.50 bits per heavy atom. The van der Waals surface area contributed by atoms with Crippen molar-refractivity contribution in [3.8, 4) is 5.75 Å². The van der Waals surface area contributed by atoms with Crippen LogP contribution in [0.3, 0.4) is 0 Å². The van der Waals surface area contributed by atoms with Crippen molar-refractivity contribution < 1.29 is 9.84 Å². The quantitative estimate of drug-likeness (QED) is 0.468. The largest absolute Gasteiger partial charge is 0.496 e. The van der Waals surface area contributed by atoms with Gasteiger partial charge in [0.15, 0.2) is 0 Å². The normalized spacial score (nSPS) is 23.1. The number of benzene rings is 1. The van der Waals surface area contributed by atoms with Crippen LogP contribution in [0.5, 0.6) is 5.75 Å². The van der Waals surface area contributed by atoms with Gasteiger partial charge in [-0.1, -0.05) is 17.2 Å². The predicted octanol–water partition coefficient (Wildman–Crippen LogP) is 1.83. The molecule has 1 N–H and O–H groups in total. The van der Waals surface area contributed by atoms with Gasteiger partial charge in [0, 0.05) is 11.3 Å². The molecule has 5 heteroatoms. The van der Waals surface area contributed by atoms with Gasteiger partial charge in [-0.2, -0.15) is 0 Å². The van der Waals surface area contributed by atoms with Crippen molar-refractivity contribution in [1.82, 2.24) is 0 Å². The summed E-state index contributed by atoms with van der Waals surface area (Å²) in [5.41, 5.74) is 10.5. The van der Waals surface area contributed by atoms with Crippen molar-refractivity contribution in [3.05, 3.63) is 39.8 Å². The van der Waals surface area contributed by atoms with Gasteiger partial charge in [-0.15, -0.1) is 0 Å². The van der Waals surface area contributed by atoms with E-state index < -0.39 is 6.10 Å². The molecule has 1 aromatic carbocycles. The summed E-state index contributed by atoms with van der Waals surface area (Å²) in [7, 11) is 1.61. The van der Waals surface area contributed by atoms with E-state index in [1.165, 1.54) is 0 Å². The number of hydrogen-bond acceptors (Lipinski definition) is 3. The molecule has 2 atom stereocenters. The molecule has 0 amide bonds. The van der Waals surface area contributed by atoms with Crippen molar-refractivity contribution in [3.63, 3.8) is 0 Å². The second-order valence-electron chi connectivity index (χ2n) is 3.85. The Kier molecular flexibility index (Phi) is 2.99. The smallest absolute Gasteiger partial charge is 0.122 e. The van der Waals surface area contributed by atoms with E-state index >= 15 is 0 Å². The number of ether oxygens (including phenoxy) is 1. The number of rotatable bonds is 2. The average Bonchev–Trinajstić information content (AvgIpc) is 2.30. The number of hydrogen-bond donors (Lipinski definition) is 1. The van der Waals surface area contributed by atoms with Gasteiger partial charge in [0.2, 0.25) is 0 Å². The molecule has 84 valence electrons. The molecule has 1 aromatic rings. The fourth-order valence-corrected chi connectivity index (χ4v) is 2.12. The van der Waals surface area contributed by atoms with Crippen LogP contribution in [0.4, 0.5) is 0 Å². The summed E-state index contributed by atoms with van der Waals surface area (Å²) in [5, 5.41) is 13.5. The standard InChI is InChI=1S/C11H13N3O2/c1-16-11-4-2-3-7-5-9(13-14-12)10(15)6-8(7)11/h2-4,9-10,15H,5-6H2,1H3/t9-,10-/m1/s1. The highest BCUT2D eigenvalue weighted by Gasteiger charge is 2.27. The summed E-state index contributed by atoms with van der Waals surface area (Å²) in [6.07, 6.45) is 0.417. The van der Waals surface area contributed by atoms with Crippen molar-refractivity contribution in [2.24, 2.45) is 5.11 Å². The Morgan fingerprint density at radius 2 is 2.31 bits per heavy atom. The Labute approximate surface area is 93.3 Å². The maximum atomic E-state index is 9.85. The minimum absolute atomic E-state index is 0.371. The van der Waals surface area contributed by atoms with E-state index in [1.54, 1.807) is 7.11 Å². The highest BCUT2D eigenvalue weighted by molar-refractivity contribution is 5.43. The average molecular weight is 219 g/mol. The molecule has 2 rings (SSSR count). The molecule has 0 aromatic heterocycles. The topological polar surface area (TPSA) is 78.2 Å². The molecular formula is C11H13N3O2. The second kappa shape index (κ2) is 4.43. The Hall–Kier alpha value is -1.71. The summed E-state index contributed by atoms with van der Waals surface area (Å²) in [5.74, 6) is 0.788. The summed E-state index contributed by atoms with van der Waals surface area (Å²) in [6, 6.07) is 5.38. The monoisotopic (exact) mass is 219 g/mol. The lowest BCUT2D eigenvalue weighted by Gasteiger charge is -2.27.